The largest absolute Gasteiger partial charge is 0.457 e. The number of carbonyl (C=O) groups is 1. The number of aliphatic hydroxyl groups is 2. The molecule has 4 nitrogen and oxygen atoms in total. The maximum absolute atomic E-state index is 11.7. The average molecular weight is 228 g/mol. The zero-order valence-electron chi connectivity index (χ0n) is 10.2. The Morgan fingerprint density at radius 2 is 2.12 bits per heavy atom. The summed E-state index contributed by atoms with van der Waals surface area (Å²) in [6.45, 7) is 6.90. The first kappa shape index (κ1) is 13.2. The lowest BCUT2D eigenvalue weighted by Gasteiger charge is -2.42. The molecule has 1 heterocycles. The molecule has 16 heavy (non-hydrogen) atoms. The van der Waals surface area contributed by atoms with Gasteiger partial charge in [0.25, 0.3) is 0 Å². The number of esters is 1. The first-order valence-electron chi connectivity index (χ1n) is 5.49. The summed E-state index contributed by atoms with van der Waals surface area (Å²) >= 11 is 0. The van der Waals surface area contributed by atoms with Gasteiger partial charge < -0.3 is 14.9 Å². The monoisotopic (exact) mass is 228 g/mol. The van der Waals surface area contributed by atoms with Crippen LogP contribution in [0.3, 0.4) is 0 Å². The Hall–Kier alpha value is -0.870. The number of hydrogen-bond donors (Lipinski definition) is 2. The van der Waals surface area contributed by atoms with Gasteiger partial charge in [-0.05, 0) is 26.3 Å². The highest BCUT2D eigenvalue weighted by molar-refractivity contribution is 5.78. The third kappa shape index (κ3) is 2.13. The minimum Gasteiger partial charge on any atom is -0.457 e. The van der Waals surface area contributed by atoms with Crippen LogP contribution in [0, 0.1) is 11.3 Å². The SMILES string of the molecule is CC(=CCO)C1OC(=O)C(C)(C)C(O)C1C. The summed E-state index contributed by atoms with van der Waals surface area (Å²) < 4.78 is 5.32. The second-order valence-corrected chi connectivity index (χ2v) is 4.98. The van der Waals surface area contributed by atoms with Gasteiger partial charge in [0, 0.05) is 5.92 Å². The highest BCUT2D eigenvalue weighted by Crippen LogP contribution is 2.37. The third-order valence-corrected chi connectivity index (χ3v) is 3.34. The molecule has 0 radical (unpaired) electrons. The quantitative estimate of drug-likeness (QED) is 0.543. The summed E-state index contributed by atoms with van der Waals surface area (Å²) in [5, 5.41) is 18.9. The van der Waals surface area contributed by atoms with Crippen LogP contribution in [0.25, 0.3) is 0 Å². The Morgan fingerprint density at radius 3 is 2.62 bits per heavy atom. The molecule has 0 spiro atoms. The lowest BCUT2D eigenvalue weighted by Crippen LogP contribution is -2.53. The van der Waals surface area contributed by atoms with E-state index in [-0.39, 0.29) is 12.5 Å². The molecule has 0 aromatic rings. The molecule has 0 aliphatic carbocycles. The molecule has 1 saturated heterocycles. The van der Waals surface area contributed by atoms with Crippen molar-refractivity contribution >= 4 is 5.97 Å². The van der Waals surface area contributed by atoms with Gasteiger partial charge in [0.2, 0.25) is 0 Å². The first-order valence-corrected chi connectivity index (χ1v) is 5.49. The normalized spacial score (nSPS) is 34.8. The topological polar surface area (TPSA) is 66.8 Å². The van der Waals surface area contributed by atoms with Crippen molar-refractivity contribution in [3.05, 3.63) is 11.6 Å². The van der Waals surface area contributed by atoms with E-state index in [1.165, 1.54) is 0 Å². The van der Waals surface area contributed by atoms with Gasteiger partial charge in [0.1, 0.15) is 6.10 Å². The molecular formula is C12H20O4. The zero-order valence-corrected chi connectivity index (χ0v) is 10.2. The zero-order chi connectivity index (χ0) is 12.5. The summed E-state index contributed by atoms with van der Waals surface area (Å²) in [6.07, 6.45) is 0.419. The van der Waals surface area contributed by atoms with E-state index in [0.717, 1.165) is 5.57 Å². The Morgan fingerprint density at radius 1 is 1.56 bits per heavy atom. The molecule has 0 aromatic heterocycles. The van der Waals surface area contributed by atoms with Crippen molar-refractivity contribution in [2.45, 2.75) is 39.9 Å². The standard InChI is InChI=1S/C12H20O4/c1-7(5-6-13)9-8(2)10(14)12(3,4)11(15)16-9/h5,8-10,13-14H,6H2,1-4H3. The molecule has 1 aliphatic rings. The van der Waals surface area contributed by atoms with E-state index in [4.69, 9.17) is 9.84 Å². The van der Waals surface area contributed by atoms with Gasteiger partial charge >= 0.3 is 5.97 Å². The van der Waals surface area contributed by atoms with Crippen molar-refractivity contribution < 1.29 is 19.7 Å². The fourth-order valence-electron chi connectivity index (χ4n) is 2.09. The van der Waals surface area contributed by atoms with Gasteiger partial charge in [-0.3, -0.25) is 4.79 Å². The maximum Gasteiger partial charge on any atom is 0.314 e. The summed E-state index contributed by atoms with van der Waals surface area (Å²) in [6, 6.07) is 0. The summed E-state index contributed by atoms with van der Waals surface area (Å²) in [5.74, 6) is -0.565. The van der Waals surface area contributed by atoms with Crippen LogP contribution in [0.5, 0.6) is 0 Å². The van der Waals surface area contributed by atoms with Gasteiger partial charge in [0.15, 0.2) is 0 Å². The minimum absolute atomic E-state index is 0.0912. The molecule has 3 unspecified atom stereocenters. The number of aliphatic hydroxyl groups excluding tert-OH is 2. The van der Waals surface area contributed by atoms with E-state index in [1.807, 2.05) is 6.92 Å². The maximum atomic E-state index is 11.7. The Balaban J connectivity index is 2.94. The van der Waals surface area contributed by atoms with Gasteiger partial charge in [-0.2, -0.15) is 0 Å². The van der Waals surface area contributed by atoms with Crippen LogP contribution in [0.15, 0.2) is 11.6 Å². The number of hydrogen-bond acceptors (Lipinski definition) is 4. The average Bonchev–Trinajstić information content (AvgIpc) is 2.21. The molecular weight excluding hydrogens is 208 g/mol. The van der Waals surface area contributed by atoms with Crippen LogP contribution in [0.2, 0.25) is 0 Å². The molecule has 92 valence electrons. The lowest BCUT2D eigenvalue weighted by atomic mass is 9.74. The summed E-state index contributed by atoms with van der Waals surface area (Å²) in [5.41, 5.74) is -0.0898. The third-order valence-electron chi connectivity index (χ3n) is 3.34. The predicted octanol–water partition coefficient (Wildman–Crippen LogP) is 0.874. The van der Waals surface area contributed by atoms with Crippen molar-refractivity contribution in [2.75, 3.05) is 6.61 Å². The molecule has 1 fully saturated rings. The van der Waals surface area contributed by atoms with Gasteiger partial charge in [0.05, 0.1) is 18.1 Å². The molecule has 0 amide bonds. The summed E-state index contributed by atoms with van der Waals surface area (Å²) in [7, 11) is 0. The Labute approximate surface area is 95.9 Å². The van der Waals surface area contributed by atoms with Gasteiger partial charge in [-0.1, -0.05) is 13.0 Å². The molecule has 0 saturated carbocycles. The Bertz CT molecular complexity index is 306. The van der Waals surface area contributed by atoms with E-state index in [9.17, 15) is 9.90 Å². The first-order chi connectivity index (χ1) is 7.32. The van der Waals surface area contributed by atoms with Crippen LogP contribution in [-0.2, 0) is 9.53 Å². The molecule has 2 N–H and O–H groups in total. The van der Waals surface area contributed by atoms with Gasteiger partial charge in [-0.25, -0.2) is 0 Å². The molecule has 4 heteroatoms. The van der Waals surface area contributed by atoms with Gasteiger partial charge in [-0.15, -0.1) is 0 Å². The van der Waals surface area contributed by atoms with Crippen LogP contribution in [-0.4, -0.2) is 35.0 Å². The van der Waals surface area contributed by atoms with Crippen LogP contribution in [0.4, 0.5) is 0 Å². The van der Waals surface area contributed by atoms with E-state index in [2.05, 4.69) is 0 Å². The van der Waals surface area contributed by atoms with Crippen LogP contribution >= 0.6 is 0 Å². The van der Waals surface area contributed by atoms with Crippen molar-refractivity contribution in [1.82, 2.24) is 0 Å². The minimum atomic E-state index is -0.866. The highest BCUT2D eigenvalue weighted by Gasteiger charge is 2.49. The van der Waals surface area contributed by atoms with E-state index < -0.39 is 23.6 Å². The fourth-order valence-corrected chi connectivity index (χ4v) is 2.09. The molecule has 1 rings (SSSR count). The predicted molar refractivity (Wildman–Crippen MR) is 59.7 cm³/mol. The van der Waals surface area contributed by atoms with Crippen LogP contribution in [0.1, 0.15) is 27.7 Å². The second kappa shape index (κ2) is 4.55. The summed E-state index contributed by atoms with van der Waals surface area (Å²) in [4.78, 5) is 11.7. The smallest absolute Gasteiger partial charge is 0.314 e. The molecule has 0 bridgehead atoms. The van der Waals surface area contributed by atoms with Crippen molar-refractivity contribution in [3.8, 4) is 0 Å². The second-order valence-electron chi connectivity index (χ2n) is 4.98. The molecule has 3 atom stereocenters. The van der Waals surface area contributed by atoms with E-state index in [0.29, 0.717) is 0 Å². The van der Waals surface area contributed by atoms with E-state index in [1.54, 1.807) is 26.8 Å². The molecule has 0 aromatic carbocycles. The fraction of sp³-hybridized carbons (Fsp3) is 0.750. The number of rotatable bonds is 2. The van der Waals surface area contributed by atoms with Crippen molar-refractivity contribution in [1.29, 1.82) is 0 Å². The van der Waals surface area contributed by atoms with Crippen molar-refractivity contribution in [3.63, 3.8) is 0 Å². The highest BCUT2D eigenvalue weighted by atomic mass is 16.6. The lowest BCUT2D eigenvalue weighted by molar-refractivity contribution is -0.187. The van der Waals surface area contributed by atoms with E-state index >= 15 is 0 Å². The number of carbonyl (C=O) groups excluding carboxylic acids is 1. The molecule has 1 aliphatic heterocycles. The van der Waals surface area contributed by atoms with Crippen LogP contribution < -0.4 is 0 Å². The number of cyclic esters (lactones) is 1. The van der Waals surface area contributed by atoms with Crippen molar-refractivity contribution in [2.24, 2.45) is 11.3 Å². The Kier molecular flexibility index (Phi) is 3.76. The number of ether oxygens (including phenoxy) is 1.